The summed E-state index contributed by atoms with van der Waals surface area (Å²) in [5.41, 5.74) is 1.74. The highest BCUT2D eigenvalue weighted by molar-refractivity contribution is 5.64. The Balaban J connectivity index is 1.30. The highest BCUT2D eigenvalue weighted by Gasteiger charge is 2.32. The number of aryl methyl sites for hydroxylation is 1. The summed E-state index contributed by atoms with van der Waals surface area (Å²) >= 11 is 0. The molecule has 0 aliphatic carbocycles. The zero-order chi connectivity index (χ0) is 23.9. The number of nitrogens with zero attached hydrogens (tertiary/aromatic N) is 5. The number of hydrogen-bond donors (Lipinski definition) is 1. The first-order valence-electron chi connectivity index (χ1n) is 11.0. The van der Waals surface area contributed by atoms with Crippen LogP contribution in [0.25, 0.3) is 5.69 Å². The molecule has 0 amide bonds. The third-order valence-corrected chi connectivity index (χ3v) is 6.10. The minimum Gasteiger partial charge on any atom is -0.378 e. The Morgan fingerprint density at radius 2 is 1.74 bits per heavy atom. The van der Waals surface area contributed by atoms with E-state index in [9.17, 15) is 17.6 Å². The quantitative estimate of drug-likeness (QED) is 0.562. The second-order valence-electron chi connectivity index (χ2n) is 8.61. The van der Waals surface area contributed by atoms with E-state index in [1.165, 1.54) is 6.33 Å². The van der Waals surface area contributed by atoms with Gasteiger partial charge in [0.25, 0.3) is 0 Å². The van der Waals surface area contributed by atoms with Crippen molar-refractivity contribution in [2.45, 2.75) is 19.1 Å². The number of nitrogens with one attached hydrogen (secondary N) is 1. The molecule has 0 saturated carbocycles. The summed E-state index contributed by atoms with van der Waals surface area (Å²) in [6.45, 7) is 7.39. The Morgan fingerprint density at radius 1 is 0.971 bits per heavy atom. The number of halogens is 4. The van der Waals surface area contributed by atoms with E-state index in [1.54, 1.807) is 0 Å². The average Bonchev–Trinajstić information content (AvgIpc) is 3.20. The fraction of sp³-hybridized carbons (Fsp3) is 0.391. The predicted molar refractivity (Wildman–Crippen MR) is 119 cm³/mol. The molecule has 7 nitrogen and oxygen atoms in total. The molecule has 0 radical (unpaired) electrons. The number of anilines is 3. The molecule has 2 fully saturated rings. The number of piperazine rings is 1. The predicted octanol–water partition coefficient (Wildman–Crippen LogP) is 4.00. The van der Waals surface area contributed by atoms with Crippen LogP contribution < -0.4 is 10.2 Å². The minimum absolute atomic E-state index is 0.0625. The van der Waals surface area contributed by atoms with Gasteiger partial charge >= 0.3 is 6.18 Å². The molecule has 1 N–H and O–H groups in total. The molecule has 3 aromatic rings. The molecule has 5 rings (SSSR count). The molecule has 2 aliphatic rings. The van der Waals surface area contributed by atoms with Gasteiger partial charge in [-0.05, 0) is 48.9 Å². The molecule has 180 valence electrons. The summed E-state index contributed by atoms with van der Waals surface area (Å²) in [5.74, 6) is -0.799. The molecule has 0 bridgehead atoms. The number of rotatable bonds is 5. The van der Waals surface area contributed by atoms with E-state index in [1.807, 2.05) is 19.1 Å². The summed E-state index contributed by atoms with van der Waals surface area (Å²) in [6.07, 6.45) is -3.41. The highest BCUT2D eigenvalue weighted by atomic mass is 19.4. The monoisotopic (exact) mass is 476 g/mol. The van der Waals surface area contributed by atoms with Crippen molar-refractivity contribution in [2.24, 2.45) is 0 Å². The van der Waals surface area contributed by atoms with E-state index < -0.39 is 17.6 Å². The largest absolute Gasteiger partial charge is 0.416 e. The van der Waals surface area contributed by atoms with Gasteiger partial charge in [-0.25, -0.2) is 9.07 Å². The zero-order valence-electron chi connectivity index (χ0n) is 18.5. The fourth-order valence-corrected chi connectivity index (χ4v) is 4.24. The Bertz CT molecular complexity index is 1170. The number of ether oxygens (including phenoxy) is 1. The van der Waals surface area contributed by atoms with Crippen molar-refractivity contribution in [1.29, 1.82) is 0 Å². The smallest absolute Gasteiger partial charge is 0.378 e. The van der Waals surface area contributed by atoms with Gasteiger partial charge in [0, 0.05) is 37.6 Å². The van der Waals surface area contributed by atoms with Crippen molar-refractivity contribution in [3.63, 3.8) is 0 Å². The van der Waals surface area contributed by atoms with E-state index in [0.717, 1.165) is 73.1 Å². The molecule has 0 unspecified atom stereocenters. The third kappa shape index (κ3) is 4.85. The molecule has 0 spiro atoms. The molecule has 2 aromatic carbocycles. The maximum atomic E-state index is 13.8. The van der Waals surface area contributed by atoms with Gasteiger partial charge in [-0.3, -0.25) is 4.90 Å². The molecule has 0 atom stereocenters. The van der Waals surface area contributed by atoms with Gasteiger partial charge in [0.1, 0.15) is 12.1 Å². The molecule has 11 heteroatoms. The summed E-state index contributed by atoms with van der Waals surface area (Å²) in [6, 6.07) is 8.85. The summed E-state index contributed by atoms with van der Waals surface area (Å²) in [4.78, 5) is 8.92. The van der Waals surface area contributed by atoms with Gasteiger partial charge < -0.3 is 15.0 Å². The third-order valence-electron chi connectivity index (χ3n) is 6.10. The first-order chi connectivity index (χ1) is 16.2. The second kappa shape index (κ2) is 8.88. The average molecular weight is 476 g/mol. The topological polar surface area (TPSA) is 58.5 Å². The Morgan fingerprint density at radius 3 is 2.41 bits per heavy atom. The van der Waals surface area contributed by atoms with Gasteiger partial charge in [0.05, 0.1) is 30.5 Å². The lowest BCUT2D eigenvalue weighted by atomic mass is 10.1. The lowest BCUT2D eigenvalue weighted by Crippen LogP contribution is -2.56. The molecule has 2 aliphatic heterocycles. The summed E-state index contributed by atoms with van der Waals surface area (Å²) < 4.78 is 59.3. The van der Waals surface area contributed by atoms with Gasteiger partial charge in [0.15, 0.2) is 0 Å². The second-order valence-corrected chi connectivity index (χ2v) is 8.61. The van der Waals surface area contributed by atoms with Crippen LogP contribution in [0, 0.1) is 12.7 Å². The van der Waals surface area contributed by atoms with Crippen molar-refractivity contribution >= 4 is 17.3 Å². The number of benzene rings is 2. The van der Waals surface area contributed by atoms with Crippen molar-refractivity contribution < 1.29 is 22.3 Å². The van der Waals surface area contributed by atoms with Crippen LogP contribution in [0.1, 0.15) is 11.1 Å². The van der Waals surface area contributed by atoms with Crippen molar-refractivity contribution in [2.75, 3.05) is 49.6 Å². The number of hydrogen-bond acceptors (Lipinski definition) is 6. The van der Waals surface area contributed by atoms with Gasteiger partial charge in [-0.2, -0.15) is 18.2 Å². The molecular formula is C23H24F4N6O. The van der Waals surface area contributed by atoms with E-state index in [0.29, 0.717) is 12.1 Å². The van der Waals surface area contributed by atoms with Crippen LogP contribution in [0.4, 0.5) is 34.9 Å². The molecular weight excluding hydrogens is 452 g/mol. The fourth-order valence-electron chi connectivity index (χ4n) is 4.24. The standard InChI is InChI=1S/C23H24F4N6O/c1-15-6-18(11-19(7-15)31-2-4-32(5-3-31)21-12-34-13-21)29-22-28-14-33(30-22)20-9-16(23(25,26)27)8-17(24)10-20/h6-11,14,21H,2-5,12-13H2,1H3,(H,29,30). The Kier molecular flexibility index (Phi) is 5.90. The van der Waals surface area contributed by atoms with Crippen LogP contribution in [-0.4, -0.2) is 65.1 Å². The summed E-state index contributed by atoms with van der Waals surface area (Å²) in [7, 11) is 0. The zero-order valence-corrected chi connectivity index (χ0v) is 18.5. The maximum Gasteiger partial charge on any atom is 0.416 e. The van der Waals surface area contributed by atoms with Crippen molar-refractivity contribution in [3.8, 4) is 5.69 Å². The van der Waals surface area contributed by atoms with Crippen LogP contribution in [-0.2, 0) is 10.9 Å². The number of alkyl halides is 3. The summed E-state index contributed by atoms with van der Waals surface area (Å²) in [5, 5.41) is 7.29. The van der Waals surface area contributed by atoms with Crippen LogP contribution in [0.2, 0.25) is 0 Å². The first-order valence-corrected chi connectivity index (χ1v) is 11.0. The number of aromatic nitrogens is 3. The van der Waals surface area contributed by atoms with Crippen LogP contribution in [0.5, 0.6) is 0 Å². The Hall–Kier alpha value is -3.18. The lowest BCUT2D eigenvalue weighted by molar-refractivity contribution is -0.137. The van der Waals surface area contributed by atoms with Gasteiger partial charge in [-0.1, -0.05) is 0 Å². The lowest BCUT2D eigenvalue weighted by Gasteiger charge is -2.43. The van der Waals surface area contributed by atoms with Crippen LogP contribution in [0.15, 0.2) is 42.7 Å². The van der Waals surface area contributed by atoms with Crippen molar-refractivity contribution in [3.05, 3.63) is 59.7 Å². The highest BCUT2D eigenvalue weighted by Crippen LogP contribution is 2.31. The molecule has 34 heavy (non-hydrogen) atoms. The molecule has 3 heterocycles. The molecule has 1 aromatic heterocycles. The Labute approximate surface area is 193 Å². The van der Waals surface area contributed by atoms with Gasteiger partial charge in [-0.15, -0.1) is 5.10 Å². The van der Waals surface area contributed by atoms with E-state index in [4.69, 9.17) is 4.74 Å². The van der Waals surface area contributed by atoms with Crippen LogP contribution in [0.3, 0.4) is 0 Å². The first kappa shape index (κ1) is 22.6. The van der Waals surface area contributed by atoms with E-state index >= 15 is 0 Å². The van der Waals surface area contributed by atoms with Crippen molar-refractivity contribution in [1.82, 2.24) is 19.7 Å². The maximum absolute atomic E-state index is 13.8. The SMILES string of the molecule is Cc1cc(Nc2ncn(-c3cc(F)cc(C(F)(F)F)c3)n2)cc(N2CCN(C3COC3)CC2)c1. The minimum atomic E-state index is -4.66. The molecule has 2 saturated heterocycles. The normalized spacial score (nSPS) is 17.6. The van der Waals surface area contributed by atoms with Crippen LogP contribution >= 0.6 is 0 Å². The van der Waals surface area contributed by atoms with Gasteiger partial charge in [0.2, 0.25) is 5.95 Å². The van der Waals surface area contributed by atoms with E-state index in [-0.39, 0.29) is 11.6 Å². The van der Waals surface area contributed by atoms with E-state index in [2.05, 4.69) is 31.3 Å².